The Morgan fingerprint density at radius 1 is 0.811 bits per heavy atom. The van der Waals surface area contributed by atoms with Crippen molar-refractivity contribution in [3.8, 4) is 0 Å². The van der Waals surface area contributed by atoms with Crippen LogP contribution in [0.15, 0.2) is 126 Å². The van der Waals surface area contributed by atoms with Gasteiger partial charge in [0.1, 0.15) is 12.6 Å². The molecule has 0 bridgehead atoms. The quantitative estimate of drug-likeness (QED) is 0.276. The predicted molar refractivity (Wildman–Crippen MR) is 145 cm³/mol. The van der Waals surface area contributed by atoms with Crippen molar-refractivity contribution < 1.29 is 14.3 Å². The summed E-state index contributed by atoms with van der Waals surface area (Å²) >= 11 is 0. The Labute approximate surface area is 217 Å². The molecular weight excluding hydrogens is 460 g/mol. The molecule has 0 aliphatic carbocycles. The van der Waals surface area contributed by atoms with Crippen LogP contribution in [0, 0.1) is 0 Å². The second-order valence-electron chi connectivity index (χ2n) is 9.03. The molecule has 4 aromatic carbocycles. The molecule has 5 heteroatoms. The van der Waals surface area contributed by atoms with Crippen LogP contribution in [-0.2, 0) is 20.8 Å². The third-order valence-corrected chi connectivity index (χ3v) is 6.40. The van der Waals surface area contributed by atoms with E-state index in [-0.39, 0.29) is 24.5 Å². The molecule has 5 nitrogen and oxygen atoms in total. The maximum atomic E-state index is 13.4. The van der Waals surface area contributed by atoms with E-state index in [2.05, 4.69) is 17.4 Å². The number of rotatable bonds is 10. The zero-order valence-electron chi connectivity index (χ0n) is 20.6. The van der Waals surface area contributed by atoms with Crippen molar-refractivity contribution >= 4 is 11.9 Å². The summed E-state index contributed by atoms with van der Waals surface area (Å²) in [7, 11) is 0. The number of nitrogens with one attached hydrogen (secondary N) is 1. The fraction of sp³-hybridized carbons (Fsp3) is 0.188. The zero-order valence-corrected chi connectivity index (χ0v) is 20.6. The molecule has 1 N–H and O–H groups in total. The van der Waals surface area contributed by atoms with Gasteiger partial charge in [0.25, 0.3) is 0 Å². The largest absolute Gasteiger partial charge is 0.475 e. The Kier molecular flexibility index (Phi) is 8.04. The Morgan fingerprint density at radius 3 is 2.03 bits per heavy atom. The van der Waals surface area contributed by atoms with E-state index in [1.165, 1.54) is 0 Å². The molecule has 186 valence electrons. The highest BCUT2D eigenvalue weighted by atomic mass is 16.6. The van der Waals surface area contributed by atoms with Gasteiger partial charge in [0, 0.05) is 18.2 Å². The van der Waals surface area contributed by atoms with Gasteiger partial charge in [0.2, 0.25) is 5.90 Å². The first-order valence-electron chi connectivity index (χ1n) is 12.6. The summed E-state index contributed by atoms with van der Waals surface area (Å²) in [6, 6.07) is 39.3. The number of carbonyl (C=O) groups is 1. The third-order valence-electron chi connectivity index (χ3n) is 6.40. The van der Waals surface area contributed by atoms with Gasteiger partial charge < -0.3 is 14.8 Å². The van der Waals surface area contributed by atoms with Gasteiger partial charge in [-0.1, -0.05) is 109 Å². The van der Waals surface area contributed by atoms with Gasteiger partial charge in [-0.15, -0.1) is 0 Å². The number of nitrogens with zero attached hydrogens (tertiary/aromatic N) is 1. The topological polar surface area (TPSA) is 59.9 Å². The van der Waals surface area contributed by atoms with Crippen LogP contribution in [0.3, 0.4) is 0 Å². The normalized spacial score (nSPS) is 16.3. The van der Waals surface area contributed by atoms with E-state index in [0.29, 0.717) is 19.0 Å². The smallest absolute Gasteiger partial charge is 0.308 e. The Balaban J connectivity index is 1.33. The number of benzene rings is 4. The molecule has 1 aliphatic heterocycles. The monoisotopic (exact) mass is 490 g/mol. The first kappa shape index (κ1) is 24.5. The van der Waals surface area contributed by atoms with Gasteiger partial charge in [-0.3, -0.25) is 4.79 Å². The molecule has 3 atom stereocenters. The molecule has 0 saturated heterocycles. The van der Waals surface area contributed by atoms with Gasteiger partial charge in [-0.05, 0) is 28.8 Å². The summed E-state index contributed by atoms with van der Waals surface area (Å²) in [6.45, 7) is 1.00. The van der Waals surface area contributed by atoms with E-state index < -0.39 is 6.10 Å². The average Bonchev–Trinajstić information content (AvgIpc) is 3.46. The van der Waals surface area contributed by atoms with E-state index in [1.54, 1.807) is 0 Å². The number of hydrogen-bond donors (Lipinski definition) is 1. The molecule has 0 spiro atoms. The maximum absolute atomic E-state index is 13.4. The highest BCUT2D eigenvalue weighted by Crippen LogP contribution is 2.29. The summed E-state index contributed by atoms with van der Waals surface area (Å²) in [4.78, 5) is 18.2. The number of hydrogen-bond acceptors (Lipinski definition) is 5. The number of ether oxygens (including phenoxy) is 2. The van der Waals surface area contributed by atoms with Crippen molar-refractivity contribution in [3.63, 3.8) is 0 Å². The lowest BCUT2D eigenvalue weighted by atomic mass is 10.0. The Bertz CT molecular complexity index is 1300. The average molecular weight is 491 g/mol. The van der Waals surface area contributed by atoms with Crippen LogP contribution < -0.4 is 5.32 Å². The van der Waals surface area contributed by atoms with Gasteiger partial charge >= 0.3 is 5.97 Å². The molecule has 0 radical (unpaired) electrons. The van der Waals surface area contributed by atoms with Crippen molar-refractivity contribution in [2.75, 3.05) is 6.61 Å². The van der Waals surface area contributed by atoms with Crippen LogP contribution in [0.4, 0.5) is 0 Å². The molecule has 1 aliphatic rings. The van der Waals surface area contributed by atoms with Crippen molar-refractivity contribution in [1.29, 1.82) is 0 Å². The van der Waals surface area contributed by atoms with Crippen LogP contribution in [0.25, 0.3) is 0 Å². The van der Waals surface area contributed by atoms with Crippen LogP contribution in [0.5, 0.6) is 0 Å². The van der Waals surface area contributed by atoms with Crippen molar-refractivity contribution in [2.24, 2.45) is 4.99 Å². The van der Waals surface area contributed by atoms with Gasteiger partial charge in [0.15, 0.2) is 6.10 Å². The first-order valence-corrected chi connectivity index (χ1v) is 12.6. The second kappa shape index (κ2) is 12.2. The molecular formula is C32H30N2O3. The lowest BCUT2D eigenvalue weighted by Gasteiger charge is -2.24. The third kappa shape index (κ3) is 6.51. The SMILES string of the molecule is O=C(C[C@@H](NCc1ccccc1)c1ccccc1)O[C@@H](c1ccccc1)[C@@H]1COC(c2ccccc2)=N1. The van der Waals surface area contributed by atoms with Crippen LogP contribution in [0.2, 0.25) is 0 Å². The lowest BCUT2D eigenvalue weighted by Crippen LogP contribution is -2.28. The van der Waals surface area contributed by atoms with Crippen LogP contribution in [-0.4, -0.2) is 24.5 Å². The van der Waals surface area contributed by atoms with Crippen LogP contribution in [0.1, 0.15) is 40.8 Å². The predicted octanol–water partition coefficient (Wildman–Crippen LogP) is 6.04. The summed E-state index contributed by atoms with van der Waals surface area (Å²) in [5.74, 6) is 0.292. The Morgan fingerprint density at radius 2 is 1.38 bits per heavy atom. The molecule has 5 rings (SSSR count). The second-order valence-corrected chi connectivity index (χ2v) is 9.03. The maximum Gasteiger partial charge on any atom is 0.308 e. The lowest BCUT2D eigenvalue weighted by molar-refractivity contribution is -0.151. The number of carbonyl (C=O) groups excluding carboxylic acids is 1. The van der Waals surface area contributed by atoms with E-state index in [4.69, 9.17) is 14.5 Å². The highest BCUT2D eigenvalue weighted by Gasteiger charge is 2.33. The highest BCUT2D eigenvalue weighted by molar-refractivity contribution is 5.95. The molecule has 0 unspecified atom stereocenters. The molecule has 0 fully saturated rings. The minimum atomic E-state index is -0.541. The number of esters is 1. The van der Waals surface area contributed by atoms with E-state index in [0.717, 1.165) is 22.3 Å². The standard InChI is InChI=1S/C32H30N2O3/c35-30(21-28(25-15-7-2-8-16-25)33-22-24-13-5-1-6-14-24)37-31(26-17-9-3-10-18-26)29-23-36-32(34-29)27-19-11-4-12-20-27/h1-20,28-29,31,33H,21-23H2/t28-,29+,31+/m1/s1. The van der Waals surface area contributed by atoms with Crippen molar-refractivity contribution in [3.05, 3.63) is 144 Å². The molecule has 4 aromatic rings. The van der Waals surface area contributed by atoms with Gasteiger partial charge in [-0.2, -0.15) is 0 Å². The van der Waals surface area contributed by atoms with Crippen molar-refractivity contribution in [2.45, 2.75) is 31.2 Å². The molecule has 0 saturated carbocycles. The Hall–Kier alpha value is -4.22. The van der Waals surface area contributed by atoms with Gasteiger partial charge in [-0.25, -0.2) is 4.99 Å². The summed E-state index contributed by atoms with van der Waals surface area (Å²) in [5.41, 5.74) is 4.01. The molecule has 1 heterocycles. The van der Waals surface area contributed by atoms with Crippen LogP contribution >= 0.6 is 0 Å². The van der Waals surface area contributed by atoms with Crippen molar-refractivity contribution in [1.82, 2.24) is 5.32 Å². The fourth-order valence-electron chi connectivity index (χ4n) is 4.48. The summed E-state index contributed by atoms with van der Waals surface area (Å²) < 4.78 is 12.1. The minimum Gasteiger partial charge on any atom is -0.475 e. The zero-order chi connectivity index (χ0) is 25.3. The first-order chi connectivity index (χ1) is 18.3. The number of aliphatic imine (C=N–C) groups is 1. The van der Waals surface area contributed by atoms with E-state index >= 15 is 0 Å². The molecule has 37 heavy (non-hydrogen) atoms. The van der Waals surface area contributed by atoms with Gasteiger partial charge in [0.05, 0.1) is 6.42 Å². The minimum absolute atomic E-state index is 0.187. The van der Waals surface area contributed by atoms with E-state index in [9.17, 15) is 4.79 Å². The molecule has 0 aromatic heterocycles. The molecule has 0 amide bonds. The summed E-state index contributed by atoms with van der Waals surface area (Å²) in [6.07, 6.45) is -0.344. The fourth-order valence-corrected chi connectivity index (χ4v) is 4.48. The summed E-state index contributed by atoms with van der Waals surface area (Å²) in [5, 5.41) is 3.54. The van der Waals surface area contributed by atoms with E-state index in [1.807, 2.05) is 109 Å².